The summed E-state index contributed by atoms with van der Waals surface area (Å²) in [4.78, 5) is 11.0. The molecule has 0 atom stereocenters. The Balaban J connectivity index is 2.24. The highest BCUT2D eigenvalue weighted by atomic mass is 32.2. The van der Waals surface area contributed by atoms with E-state index in [-0.39, 0.29) is 4.90 Å². The van der Waals surface area contributed by atoms with E-state index in [2.05, 4.69) is 4.72 Å². The van der Waals surface area contributed by atoms with E-state index in [0.717, 1.165) is 0 Å². The molecule has 0 saturated heterocycles. The van der Waals surface area contributed by atoms with Gasteiger partial charge in [-0.15, -0.1) is 0 Å². The third kappa shape index (κ3) is 3.07. The van der Waals surface area contributed by atoms with Crippen LogP contribution in [-0.2, 0) is 10.0 Å². The van der Waals surface area contributed by atoms with Crippen LogP contribution in [0.15, 0.2) is 53.4 Å². The molecule has 2 aromatic carbocycles. The van der Waals surface area contributed by atoms with Gasteiger partial charge < -0.3 is 11.5 Å². The van der Waals surface area contributed by atoms with E-state index >= 15 is 0 Å². The topological polar surface area (TPSA) is 115 Å². The van der Waals surface area contributed by atoms with Gasteiger partial charge in [-0.3, -0.25) is 9.52 Å². The maximum Gasteiger partial charge on any atom is 0.261 e. The molecule has 104 valence electrons. The summed E-state index contributed by atoms with van der Waals surface area (Å²) in [6, 6.07) is 11.7. The predicted octanol–water partition coefficient (Wildman–Crippen LogP) is 1.17. The van der Waals surface area contributed by atoms with E-state index in [1.54, 1.807) is 0 Å². The molecule has 0 unspecified atom stereocenters. The zero-order chi connectivity index (χ0) is 14.8. The number of primary amides is 1. The second-order valence-corrected chi connectivity index (χ2v) is 5.80. The minimum absolute atomic E-state index is 0.102. The Morgan fingerprint density at radius 1 is 0.950 bits per heavy atom. The van der Waals surface area contributed by atoms with Gasteiger partial charge in [0, 0.05) is 16.9 Å². The number of nitrogen functional groups attached to an aromatic ring is 1. The van der Waals surface area contributed by atoms with Gasteiger partial charge in [-0.2, -0.15) is 0 Å². The fourth-order valence-corrected chi connectivity index (χ4v) is 2.62. The van der Waals surface area contributed by atoms with Gasteiger partial charge in [0.25, 0.3) is 10.0 Å². The van der Waals surface area contributed by atoms with E-state index in [1.807, 2.05) is 0 Å². The van der Waals surface area contributed by atoms with E-state index in [9.17, 15) is 13.2 Å². The molecule has 0 aliphatic carbocycles. The monoisotopic (exact) mass is 291 g/mol. The number of carbonyl (C=O) groups excluding carboxylic acids is 1. The summed E-state index contributed by atoms with van der Waals surface area (Å²) in [5.41, 5.74) is 11.7. The molecular weight excluding hydrogens is 278 g/mol. The van der Waals surface area contributed by atoms with Crippen molar-refractivity contribution in [2.24, 2.45) is 5.73 Å². The number of carbonyl (C=O) groups is 1. The quantitative estimate of drug-likeness (QED) is 0.733. The SMILES string of the molecule is NC(=O)c1ccc(NS(=O)(=O)c2ccc(N)cc2)cc1. The van der Waals surface area contributed by atoms with Gasteiger partial charge in [0.2, 0.25) is 5.91 Å². The number of nitrogens with one attached hydrogen (secondary N) is 1. The van der Waals surface area contributed by atoms with Gasteiger partial charge >= 0.3 is 0 Å². The zero-order valence-electron chi connectivity index (χ0n) is 10.4. The molecule has 0 spiro atoms. The summed E-state index contributed by atoms with van der Waals surface area (Å²) in [6.07, 6.45) is 0. The van der Waals surface area contributed by atoms with Crippen LogP contribution in [0.2, 0.25) is 0 Å². The summed E-state index contributed by atoms with van der Waals surface area (Å²) in [5, 5.41) is 0. The molecule has 0 radical (unpaired) electrons. The highest BCUT2D eigenvalue weighted by Crippen LogP contribution is 2.17. The predicted molar refractivity (Wildman–Crippen MR) is 76.6 cm³/mol. The highest BCUT2D eigenvalue weighted by Gasteiger charge is 2.13. The van der Waals surface area contributed by atoms with E-state index < -0.39 is 15.9 Å². The maximum absolute atomic E-state index is 12.1. The molecule has 0 aliphatic rings. The zero-order valence-corrected chi connectivity index (χ0v) is 11.2. The van der Waals surface area contributed by atoms with Crippen LogP contribution in [0.1, 0.15) is 10.4 Å². The molecule has 0 saturated carbocycles. The number of sulfonamides is 1. The highest BCUT2D eigenvalue weighted by molar-refractivity contribution is 7.92. The van der Waals surface area contributed by atoms with Crippen LogP contribution in [0.5, 0.6) is 0 Å². The fourth-order valence-electron chi connectivity index (χ4n) is 1.56. The van der Waals surface area contributed by atoms with Crippen LogP contribution >= 0.6 is 0 Å². The van der Waals surface area contributed by atoms with Gasteiger partial charge in [0.1, 0.15) is 0 Å². The van der Waals surface area contributed by atoms with E-state index in [0.29, 0.717) is 16.9 Å². The van der Waals surface area contributed by atoms with Crippen molar-refractivity contribution in [3.8, 4) is 0 Å². The first-order valence-electron chi connectivity index (χ1n) is 5.67. The maximum atomic E-state index is 12.1. The molecule has 0 aromatic heterocycles. The van der Waals surface area contributed by atoms with Crippen molar-refractivity contribution in [2.75, 3.05) is 10.5 Å². The molecule has 5 N–H and O–H groups in total. The average molecular weight is 291 g/mol. The van der Waals surface area contributed by atoms with Crippen molar-refractivity contribution in [2.45, 2.75) is 4.90 Å². The molecule has 6 nitrogen and oxygen atoms in total. The molecule has 0 heterocycles. The third-order valence-electron chi connectivity index (χ3n) is 2.61. The first-order chi connectivity index (χ1) is 9.38. The Morgan fingerprint density at radius 3 is 2.00 bits per heavy atom. The van der Waals surface area contributed by atoms with Crippen LogP contribution in [-0.4, -0.2) is 14.3 Å². The lowest BCUT2D eigenvalue weighted by Crippen LogP contribution is -2.14. The standard InChI is InChI=1S/C13H13N3O3S/c14-10-3-7-12(8-4-10)20(18,19)16-11-5-1-9(2-6-11)13(15)17/h1-8,16H,14H2,(H2,15,17). The van der Waals surface area contributed by atoms with Crippen molar-refractivity contribution in [3.63, 3.8) is 0 Å². The molecule has 7 heteroatoms. The molecule has 20 heavy (non-hydrogen) atoms. The summed E-state index contributed by atoms with van der Waals surface area (Å²) in [6.45, 7) is 0. The molecular formula is C13H13N3O3S. The summed E-state index contributed by atoms with van der Waals surface area (Å²) < 4.78 is 26.6. The number of rotatable bonds is 4. The Kier molecular flexibility index (Phi) is 3.62. The van der Waals surface area contributed by atoms with Crippen LogP contribution < -0.4 is 16.2 Å². The molecule has 2 rings (SSSR count). The first kappa shape index (κ1) is 13.9. The van der Waals surface area contributed by atoms with Crippen molar-refractivity contribution in [1.82, 2.24) is 0 Å². The average Bonchev–Trinajstić information content (AvgIpc) is 2.39. The minimum Gasteiger partial charge on any atom is -0.399 e. The largest absolute Gasteiger partial charge is 0.399 e. The Hall–Kier alpha value is -2.54. The number of amides is 1. The Labute approximate surface area is 116 Å². The van der Waals surface area contributed by atoms with Crippen LogP contribution in [0.25, 0.3) is 0 Å². The molecule has 0 bridgehead atoms. The third-order valence-corrected chi connectivity index (χ3v) is 4.01. The van der Waals surface area contributed by atoms with Gasteiger partial charge in [0.05, 0.1) is 4.90 Å². The van der Waals surface area contributed by atoms with Crippen molar-refractivity contribution >= 4 is 27.3 Å². The van der Waals surface area contributed by atoms with E-state index in [1.165, 1.54) is 48.5 Å². The van der Waals surface area contributed by atoms with Gasteiger partial charge in [-0.05, 0) is 48.5 Å². The van der Waals surface area contributed by atoms with Crippen molar-refractivity contribution in [1.29, 1.82) is 0 Å². The minimum atomic E-state index is -3.68. The lowest BCUT2D eigenvalue weighted by atomic mass is 10.2. The lowest BCUT2D eigenvalue weighted by molar-refractivity contribution is 0.100. The smallest absolute Gasteiger partial charge is 0.261 e. The Bertz CT molecular complexity index is 722. The summed E-state index contributed by atoms with van der Waals surface area (Å²) in [7, 11) is -3.68. The second-order valence-electron chi connectivity index (χ2n) is 4.12. The van der Waals surface area contributed by atoms with E-state index in [4.69, 9.17) is 11.5 Å². The lowest BCUT2D eigenvalue weighted by Gasteiger charge is -2.08. The van der Waals surface area contributed by atoms with Crippen molar-refractivity contribution < 1.29 is 13.2 Å². The van der Waals surface area contributed by atoms with Crippen molar-refractivity contribution in [3.05, 3.63) is 54.1 Å². The molecule has 0 aliphatic heterocycles. The second kappa shape index (κ2) is 5.22. The molecule has 0 fully saturated rings. The Morgan fingerprint density at radius 2 is 1.50 bits per heavy atom. The van der Waals surface area contributed by atoms with Gasteiger partial charge in [0.15, 0.2) is 0 Å². The van der Waals surface area contributed by atoms with Crippen LogP contribution in [0, 0.1) is 0 Å². The summed E-state index contributed by atoms with van der Waals surface area (Å²) >= 11 is 0. The number of anilines is 2. The summed E-state index contributed by atoms with van der Waals surface area (Å²) in [5.74, 6) is -0.571. The fraction of sp³-hybridized carbons (Fsp3) is 0. The van der Waals surface area contributed by atoms with Crippen LogP contribution in [0.4, 0.5) is 11.4 Å². The molecule has 2 aromatic rings. The number of hydrogen-bond donors (Lipinski definition) is 3. The number of nitrogens with two attached hydrogens (primary N) is 2. The van der Waals surface area contributed by atoms with Crippen LogP contribution in [0.3, 0.4) is 0 Å². The van der Waals surface area contributed by atoms with Gasteiger partial charge in [-0.25, -0.2) is 8.42 Å². The van der Waals surface area contributed by atoms with Gasteiger partial charge in [-0.1, -0.05) is 0 Å². The first-order valence-corrected chi connectivity index (χ1v) is 7.15. The number of hydrogen-bond acceptors (Lipinski definition) is 4. The molecule has 1 amide bonds. The number of benzene rings is 2. The normalized spacial score (nSPS) is 11.0.